The summed E-state index contributed by atoms with van der Waals surface area (Å²) in [5, 5.41) is 5.72. The number of anilines is 1. The quantitative estimate of drug-likeness (QED) is 0.710. The number of carbonyl (C=O) groups excluding carboxylic acids is 1. The molecule has 0 N–H and O–H groups in total. The highest BCUT2D eigenvalue weighted by atomic mass is 127. The predicted octanol–water partition coefficient (Wildman–Crippen LogP) is 3.30. The molecular formula is C15H16IN3O3. The minimum Gasteiger partial charge on any atom is -0.447 e. The van der Waals surface area contributed by atoms with E-state index in [4.69, 9.17) is 9.47 Å². The second-order valence-corrected chi connectivity index (χ2v) is 6.55. The molecule has 1 unspecified atom stereocenters. The molecule has 116 valence electrons. The van der Waals surface area contributed by atoms with Gasteiger partial charge in [0.15, 0.2) is 6.23 Å². The summed E-state index contributed by atoms with van der Waals surface area (Å²) in [6.07, 6.45) is 3.03. The number of ether oxygens (including phenoxy) is 2. The summed E-state index contributed by atoms with van der Waals surface area (Å²) in [5.41, 5.74) is 1.78. The second-order valence-electron chi connectivity index (χ2n) is 5.52. The Morgan fingerprint density at radius 1 is 1.27 bits per heavy atom. The number of cyclic esters (lactones) is 1. The Hall–Kier alpha value is -1.35. The van der Waals surface area contributed by atoms with Crippen LogP contribution in [0.15, 0.2) is 18.2 Å². The molecule has 2 aromatic rings. The largest absolute Gasteiger partial charge is 0.447 e. The van der Waals surface area contributed by atoms with Crippen molar-refractivity contribution in [2.24, 2.45) is 0 Å². The Bertz CT molecular complexity index is 724. The minimum absolute atomic E-state index is 0.0215. The fourth-order valence-electron chi connectivity index (χ4n) is 2.96. The number of carbonyl (C=O) groups is 1. The molecule has 1 amide bonds. The van der Waals surface area contributed by atoms with Crippen LogP contribution in [0.2, 0.25) is 0 Å². The molecule has 0 spiro atoms. The van der Waals surface area contributed by atoms with Crippen LogP contribution in [0.1, 0.15) is 25.5 Å². The van der Waals surface area contributed by atoms with Gasteiger partial charge in [0, 0.05) is 17.7 Å². The number of hydrogen-bond acceptors (Lipinski definition) is 4. The zero-order chi connectivity index (χ0) is 15.1. The number of fused-ring (bicyclic) bond motifs is 1. The molecule has 2 fully saturated rings. The second kappa shape index (κ2) is 5.69. The van der Waals surface area contributed by atoms with Crippen molar-refractivity contribution >= 4 is 45.3 Å². The maximum Gasteiger partial charge on any atom is 0.414 e. The third-order valence-electron chi connectivity index (χ3n) is 4.12. The van der Waals surface area contributed by atoms with E-state index in [1.54, 1.807) is 4.90 Å². The van der Waals surface area contributed by atoms with Gasteiger partial charge in [-0.2, -0.15) is 5.10 Å². The van der Waals surface area contributed by atoms with Crippen molar-refractivity contribution < 1.29 is 14.3 Å². The smallest absolute Gasteiger partial charge is 0.414 e. The lowest BCUT2D eigenvalue weighted by Crippen LogP contribution is -2.23. The lowest BCUT2D eigenvalue weighted by atomic mass is 10.2. The van der Waals surface area contributed by atoms with Crippen LogP contribution in [0.4, 0.5) is 10.5 Å². The van der Waals surface area contributed by atoms with Crippen molar-refractivity contribution in [2.45, 2.75) is 25.5 Å². The zero-order valence-corrected chi connectivity index (χ0v) is 14.2. The van der Waals surface area contributed by atoms with E-state index in [1.807, 2.05) is 22.9 Å². The van der Waals surface area contributed by atoms with Crippen LogP contribution in [0, 0.1) is 3.70 Å². The summed E-state index contributed by atoms with van der Waals surface area (Å²) in [7, 11) is 0. The Balaban J connectivity index is 1.73. The van der Waals surface area contributed by atoms with Crippen molar-refractivity contribution in [1.29, 1.82) is 0 Å². The van der Waals surface area contributed by atoms with Gasteiger partial charge in [0.25, 0.3) is 0 Å². The Morgan fingerprint density at radius 2 is 2.18 bits per heavy atom. The molecule has 1 atom stereocenters. The van der Waals surface area contributed by atoms with Gasteiger partial charge in [0.05, 0.1) is 12.1 Å². The number of benzene rings is 1. The van der Waals surface area contributed by atoms with Gasteiger partial charge in [0.2, 0.25) is 0 Å². The van der Waals surface area contributed by atoms with Crippen molar-refractivity contribution in [2.75, 3.05) is 24.7 Å². The molecule has 7 heteroatoms. The van der Waals surface area contributed by atoms with Gasteiger partial charge in [0.1, 0.15) is 10.3 Å². The van der Waals surface area contributed by atoms with Gasteiger partial charge in [-0.1, -0.05) is 0 Å². The summed E-state index contributed by atoms with van der Waals surface area (Å²) in [6, 6.07) is 5.89. The highest BCUT2D eigenvalue weighted by molar-refractivity contribution is 14.1. The van der Waals surface area contributed by atoms with Crippen molar-refractivity contribution in [3.63, 3.8) is 0 Å². The van der Waals surface area contributed by atoms with Crippen LogP contribution < -0.4 is 4.90 Å². The van der Waals surface area contributed by atoms with Gasteiger partial charge < -0.3 is 9.47 Å². The zero-order valence-electron chi connectivity index (χ0n) is 12.0. The third kappa shape index (κ3) is 2.36. The maximum absolute atomic E-state index is 11.7. The minimum atomic E-state index is -0.280. The van der Waals surface area contributed by atoms with E-state index in [1.165, 1.54) is 6.42 Å². The Kier molecular flexibility index (Phi) is 3.69. The van der Waals surface area contributed by atoms with E-state index in [0.29, 0.717) is 13.2 Å². The van der Waals surface area contributed by atoms with Crippen LogP contribution >= 0.6 is 22.6 Å². The summed E-state index contributed by atoms with van der Waals surface area (Å²) in [6.45, 7) is 1.84. The number of rotatable bonds is 2. The van der Waals surface area contributed by atoms with Crippen LogP contribution in [0.3, 0.4) is 0 Å². The Labute approximate surface area is 141 Å². The fourth-order valence-corrected chi connectivity index (χ4v) is 3.81. The first-order chi connectivity index (χ1) is 10.7. The van der Waals surface area contributed by atoms with Crippen LogP contribution in [0.5, 0.6) is 0 Å². The molecule has 6 nitrogen and oxygen atoms in total. The number of halogens is 1. The standard InChI is InChI=1S/C15H16IN3O3/c16-14-11-9-10(18-6-8-22-15(18)20)4-5-12(11)17-19(14)13-3-1-2-7-21-13/h4-5,9,13H,1-3,6-8H2. The topological polar surface area (TPSA) is 56.6 Å². The maximum atomic E-state index is 11.7. The van der Waals surface area contributed by atoms with Gasteiger partial charge >= 0.3 is 6.09 Å². The molecule has 0 aliphatic carbocycles. The molecule has 1 aromatic heterocycles. The van der Waals surface area contributed by atoms with Crippen molar-refractivity contribution in [3.8, 4) is 0 Å². The molecular weight excluding hydrogens is 397 g/mol. The highest BCUT2D eigenvalue weighted by Gasteiger charge is 2.25. The third-order valence-corrected chi connectivity index (χ3v) is 5.20. The molecule has 3 heterocycles. The molecule has 22 heavy (non-hydrogen) atoms. The number of aromatic nitrogens is 2. The van der Waals surface area contributed by atoms with Crippen LogP contribution in [-0.4, -0.2) is 35.6 Å². The predicted molar refractivity (Wildman–Crippen MR) is 90.0 cm³/mol. The van der Waals surface area contributed by atoms with Crippen molar-refractivity contribution in [3.05, 3.63) is 21.9 Å². The average Bonchev–Trinajstić information content (AvgIpc) is 3.12. The van der Waals surface area contributed by atoms with E-state index < -0.39 is 0 Å². The normalized spacial score (nSPS) is 22.3. The molecule has 0 radical (unpaired) electrons. The summed E-state index contributed by atoms with van der Waals surface area (Å²) >= 11 is 2.31. The average molecular weight is 413 g/mol. The first-order valence-corrected chi connectivity index (χ1v) is 8.55. The lowest BCUT2D eigenvalue weighted by Gasteiger charge is -2.23. The van der Waals surface area contributed by atoms with Crippen molar-refractivity contribution in [1.82, 2.24) is 9.78 Å². The monoisotopic (exact) mass is 413 g/mol. The van der Waals surface area contributed by atoms with Gasteiger partial charge in [-0.05, 0) is 60.1 Å². The summed E-state index contributed by atoms with van der Waals surface area (Å²) in [5.74, 6) is 0. The molecule has 0 saturated carbocycles. The molecule has 2 aliphatic rings. The van der Waals surface area contributed by atoms with E-state index in [-0.39, 0.29) is 12.3 Å². The molecule has 2 aliphatic heterocycles. The van der Waals surface area contributed by atoms with Gasteiger partial charge in [-0.3, -0.25) is 4.90 Å². The SMILES string of the molecule is O=C1OCCN1c1ccc2nn(C3CCCCO3)c(I)c2c1. The Morgan fingerprint density at radius 3 is 2.91 bits per heavy atom. The summed E-state index contributed by atoms with van der Waals surface area (Å²) in [4.78, 5) is 13.4. The number of nitrogens with zero attached hydrogens (tertiary/aromatic N) is 3. The number of hydrogen-bond donors (Lipinski definition) is 0. The van der Waals surface area contributed by atoms with E-state index in [2.05, 4.69) is 27.7 Å². The van der Waals surface area contributed by atoms with E-state index >= 15 is 0 Å². The van der Waals surface area contributed by atoms with Crippen LogP contribution in [0.25, 0.3) is 10.9 Å². The fraction of sp³-hybridized carbons (Fsp3) is 0.467. The number of amides is 1. The van der Waals surface area contributed by atoms with Gasteiger partial charge in [-0.25, -0.2) is 9.48 Å². The molecule has 2 saturated heterocycles. The first kappa shape index (κ1) is 14.3. The van der Waals surface area contributed by atoms with E-state index in [0.717, 1.165) is 39.7 Å². The van der Waals surface area contributed by atoms with Gasteiger partial charge in [-0.15, -0.1) is 0 Å². The van der Waals surface area contributed by atoms with Crippen LogP contribution in [-0.2, 0) is 9.47 Å². The highest BCUT2D eigenvalue weighted by Crippen LogP contribution is 2.31. The van der Waals surface area contributed by atoms with E-state index in [9.17, 15) is 4.79 Å². The molecule has 1 aromatic carbocycles. The lowest BCUT2D eigenvalue weighted by molar-refractivity contribution is -0.0406. The first-order valence-electron chi connectivity index (χ1n) is 7.48. The summed E-state index contributed by atoms with van der Waals surface area (Å²) < 4.78 is 13.9. The molecule has 4 rings (SSSR count). The molecule has 0 bridgehead atoms.